The zero-order valence-electron chi connectivity index (χ0n) is 15.9. The Hall–Kier alpha value is -1.98. The fourth-order valence-corrected chi connectivity index (χ4v) is 5.03. The molecule has 2 heterocycles. The Kier molecular flexibility index (Phi) is 6.63. The average Bonchev–Trinajstić information content (AvgIpc) is 3.03. The van der Waals surface area contributed by atoms with Crippen LogP contribution in [0.25, 0.3) is 6.08 Å². The Bertz CT molecular complexity index is 1120. The minimum absolute atomic E-state index is 0.00850. The molecule has 2 saturated heterocycles. The van der Waals surface area contributed by atoms with Crippen molar-refractivity contribution in [2.24, 2.45) is 0 Å². The first-order valence-corrected chi connectivity index (χ1v) is 11.6. The van der Waals surface area contributed by atoms with Gasteiger partial charge in [-0.2, -0.15) is 0 Å². The molecule has 0 radical (unpaired) electrons. The number of hydrogen-bond acceptors (Lipinski definition) is 7. The normalized spacial score (nSPS) is 18.2. The highest BCUT2D eigenvalue weighted by Crippen LogP contribution is 2.39. The summed E-state index contributed by atoms with van der Waals surface area (Å²) < 4.78 is 6.41. The topological polar surface area (TPSA) is 75.9 Å². The number of carbonyl (C=O) groups excluding carboxylic acids is 1. The molecule has 2 aromatic carbocycles. The molecule has 0 N–H and O–H groups in total. The number of thioether (sulfide) groups is 1. The molecule has 0 aliphatic carbocycles. The van der Waals surface area contributed by atoms with Crippen molar-refractivity contribution in [3.63, 3.8) is 0 Å². The van der Waals surface area contributed by atoms with Gasteiger partial charge in [0.15, 0.2) is 4.32 Å². The minimum atomic E-state index is -0.406. The van der Waals surface area contributed by atoms with E-state index in [1.807, 2.05) is 4.90 Å². The van der Waals surface area contributed by atoms with Crippen LogP contribution in [0.15, 0.2) is 45.8 Å². The number of halogens is 2. The van der Waals surface area contributed by atoms with Gasteiger partial charge in [-0.25, -0.2) is 0 Å². The van der Waals surface area contributed by atoms with Gasteiger partial charge in [-0.05, 0) is 51.8 Å². The number of nitro benzene ring substituents is 1. The maximum atomic E-state index is 13.0. The number of carbonyl (C=O) groups is 1. The van der Waals surface area contributed by atoms with Gasteiger partial charge in [0.2, 0.25) is 0 Å². The van der Waals surface area contributed by atoms with Crippen molar-refractivity contribution in [1.82, 2.24) is 0 Å². The molecular weight excluding hydrogens is 526 g/mol. The molecule has 4 rings (SSSR count). The lowest BCUT2D eigenvalue weighted by atomic mass is 10.1. The zero-order chi connectivity index (χ0) is 22.1. The van der Waals surface area contributed by atoms with Crippen molar-refractivity contribution < 1.29 is 14.5 Å². The van der Waals surface area contributed by atoms with E-state index in [0.717, 1.165) is 11.8 Å². The Labute approximate surface area is 201 Å². The molecule has 0 saturated carbocycles. The van der Waals surface area contributed by atoms with Crippen molar-refractivity contribution in [2.75, 3.05) is 36.1 Å². The summed E-state index contributed by atoms with van der Waals surface area (Å²) in [6.07, 6.45) is 1.62. The van der Waals surface area contributed by atoms with Crippen LogP contribution in [-0.2, 0) is 9.53 Å². The molecule has 0 atom stereocenters. The number of rotatable bonds is 4. The first-order valence-electron chi connectivity index (χ1n) is 9.19. The van der Waals surface area contributed by atoms with Gasteiger partial charge in [0.1, 0.15) is 5.69 Å². The molecular formula is C20H15BrClN3O4S2. The molecule has 7 nitrogen and oxygen atoms in total. The summed E-state index contributed by atoms with van der Waals surface area (Å²) in [4.78, 5) is 28.0. The monoisotopic (exact) mass is 539 g/mol. The van der Waals surface area contributed by atoms with Crippen molar-refractivity contribution in [3.8, 4) is 0 Å². The average molecular weight is 541 g/mol. The highest BCUT2D eigenvalue weighted by atomic mass is 79.9. The molecule has 2 aliphatic heterocycles. The molecule has 160 valence electrons. The molecule has 0 spiro atoms. The van der Waals surface area contributed by atoms with Gasteiger partial charge in [0.25, 0.3) is 11.6 Å². The first-order chi connectivity index (χ1) is 14.8. The Balaban J connectivity index is 1.64. The lowest BCUT2D eigenvalue weighted by Gasteiger charge is -2.28. The zero-order valence-corrected chi connectivity index (χ0v) is 19.9. The molecule has 31 heavy (non-hydrogen) atoms. The molecule has 1 amide bonds. The van der Waals surface area contributed by atoms with Crippen molar-refractivity contribution in [2.45, 2.75) is 0 Å². The van der Waals surface area contributed by atoms with Crippen LogP contribution in [0.4, 0.5) is 17.1 Å². The lowest BCUT2D eigenvalue weighted by molar-refractivity contribution is -0.384. The van der Waals surface area contributed by atoms with E-state index in [1.54, 1.807) is 36.4 Å². The molecule has 2 aromatic rings. The number of hydrogen-bond donors (Lipinski definition) is 0. The van der Waals surface area contributed by atoms with Crippen LogP contribution in [0, 0.1) is 10.1 Å². The number of nitro groups is 1. The number of ether oxygens (including phenoxy) is 1. The van der Waals surface area contributed by atoms with Crippen LogP contribution in [-0.4, -0.2) is 41.5 Å². The molecule has 0 unspecified atom stereocenters. The van der Waals surface area contributed by atoms with E-state index >= 15 is 0 Å². The maximum absolute atomic E-state index is 13.0. The molecule has 11 heteroatoms. The standard InChI is InChI=1S/C20H15BrClN3O4S2/c21-14-3-2-13(11-15(14)22)24-19(26)18(31-20(24)30)10-12-1-4-16(17(9-12)25(27)28)23-5-7-29-8-6-23/h1-4,9-11H,5-8H2/b18-10-. The molecule has 0 bridgehead atoms. The maximum Gasteiger partial charge on any atom is 0.293 e. The van der Waals surface area contributed by atoms with Crippen LogP contribution in [0.2, 0.25) is 5.02 Å². The fourth-order valence-electron chi connectivity index (χ4n) is 3.31. The van der Waals surface area contributed by atoms with E-state index in [-0.39, 0.29) is 11.6 Å². The van der Waals surface area contributed by atoms with Gasteiger partial charge in [-0.3, -0.25) is 19.8 Å². The highest BCUT2D eigenvalue weighted by Gasteiger charge is 2.33. The van der Waals surface area contributed by atoms with Crippen LogP contribution < -0.4 is 9.80 Å². The molecule has 0 aromatic heterocycles. The smallest absolute Gasteiger partial charge is 0.293 e. The number of anilines is 2. The van der Waals surface area contributed by atoms with Crippen LogP contribution in [0.1, 0.15) is 5.56 Å². The van der Waals surface area contributed by atoms with Crippen molar-refractivity contribution in [3.05, 3.63) is 66.5 Å². The van der Waals surface area contributed by atoms with Gasteiger partial charge >= 0.3 is 0 Å². The molecule has 2 fully saturated rings. The minimum Gasteiger partial charge on any atom is -0.378 e. The van der Waals surface area contributed by atoms with Gasteiger partial charge < -0.3 is 9.64 Å². The number of amides is 1. The van der Waals surface area contributed by atoms with Crippen molar-refractivity contribution in [1.29, 1.82) is 0 Å². The van der Waals surface area contributed by atoms with Crippen LogP contribution in [0.5, 0.6) is 0 Å². The predicted molar refractivity (Wildman–Crippen MR) is 131 cm³/mol. The summed E-state index contributed by atoms with van der Waals surface area (Å²) in [5, 5.41) is 12.1. The van der Waals surface area contributed by atoms with Gasteiger partial charge in [-0.15, -0.1) is 0 Å². The quantitative estimate of drug-likeness (QED) is 0.227. The third-order valence-corrected chi connectivity index (χ3v) is 7.34. The van der Waals surface area contributed by atoms with E-state index in [0.29, 0.717) is 62.0 Å². The number of morpholine rings is 1. The first kappa shape index (κ1) is 22.2. The second kappa shape index (κ2) is 9.25. The Morgan fingerprint density at radius 2 is 1.97 bits per heavy atom. The summed E-state index contributed by atoms with van der Waals surface area (Å²) in [5.41, 5.74) is 1.65. The lowest BCUT2D eigenvalue weighted by Crippen LogP contribution is -2.36. The summed E-state index contributed by atoms with van der Waals surface area (Å²) in [6.45, 7) is 2.24. The Morgan fingerprint density at radius 1 is 1.23 bits per heavy atom. The van der Waals surface area contributed by atoms with Crippen molar-refractivity contribution >= 4 is 84.9 Å². The second-order valence-electron chi connectivity index (χ2n) is 6.72. The van der Waals surface area contributed by atoms with E-state index in [9.17, 15) is 14.9 Å². The summed E-state index contributed by atoms with van der Waals surface area (Å²) in [5.74, 6) is -0.298. The number of benzene rings is 2. The Morgan fingerprint density at radius 3 is 2.65 bits per heavy atom. The van der Waals surface area contributed by atoms with Gasteiger partial charge in [-0.1, -0.05) is 41.6 Å². The number of nitrogens with zero attached hydrogens (tertiary/aromatic N) is 3. The highest BCUT2D eigenvalue weighted by molar-refractivity contribution is 9.10. The van der Waals surface area contributed by atoms with Crippen LogP contribution >= 0.6 is 51.5 Å². The second-order valence-corrected chi connectivity index (χ2v) is 9.66. The summed E-state index contributed by atoms with van der Waals surface area (Å²) >= 11 is 16.0. The van der Waals surface area contributed by atoms with Gasteiger partial charge in [0.05, 0.1) is 33.8 Å². The van der Waals surface area contributed by atoms with E-state index in [1.165, 1.54) is 11.0 Å². The number of thiocarbonyl (C=S) groups is 1. The third kappa shape index (κ3) is 4.63. The predicted octanol–water partition coefficient (Wildman–Crippen LogP) is 5.25. The van der Waals surface area contributed by atoms with E-state index in [2.05, 4.69) is 15.9 Å². The molecule has 2 aliphatic rings. The summed E-state index contributed by atoms with van der Waals surface area (Å²) in [6, 6.07) is 10.1. The van der Waals surface area contributed by atoms with Crippen LogP contribution in [0.3, 0.4) is 0 Å². The summed E-state index contributed by atoms with van der Waals surface area (Å²) in [7, 11) is 0. The third-order valence-electron chi connectivity index (χ3n) is 4.80. The fraction of sp³-hybridized carbons (Fsp3) is 0.200. The SMILES string of the molecule is O=C1/C(=C/c2ccc(N3CCOCC3)c([N+](=O)[O-])c2)SC(=S)N1c1ccc(Br)c(Cl)c1. The largest absolute Gasteiger partial charge is 0.378 e. The van der Waals surface area contributed by atoms with E-state index in [4.69, 9.17) is 28.6 Å². The van der Waals surface area contributed by atoms with Gasteiger partial charge in [0, 0.05) is 23.6 Å². The van der Waals surface area contributed by atoms with E-state index < -0.39 is 4.92 Å².